The Balaban J connectivity index is 0.00000240. The first-order valence-corrected chi connectivity index (χ1v) is 10.9. The first-order chi connectivity index (χ1) is 13.9. The number of benzene rings is 3. The maximum atomic E-state index is 2.43. The van der Waals surface area contributed by atoms with Crippen LogP contribution in [0.25, 0.3) is 10.9 Å². The highest BCUT2D eigenvalue weighted by atomic mass is 127. The molecule has 3 aromatic carbocycles. The molecule has 0 bridgehead atoms. The Morgan fingerprint density at radius 1 is 0.655 bits per heavy atom. The molecule has 29 heavy (non-hydrogen) atoms. The van der Waals surface area contributed by atoms with Crippen molar-refractivity contribution >= 4 is 22.7 Å². The van der Waals surface area contributed by atoms with Crippen LogP contribution in [0.3, 0.4) is 0 Å². The Morgan fingerprint density at radius 3 is 2.14 bits per heavy atom. The zero-order valence-corrected chi connectivity index (χ0v) is 19.5. The summed E-state index contributed by atoms with van der Waals surface area (Å²) in [6, 6.07) is 32.5. The van der Waals surface area contributed by atoms with Gasteiger partial charge in [0.05, 0.1) is 4.90 Å². The molecule has 0 unspecified atom stereocenters. The number of hydrogen-bond donors (Lipinski definition) is 0. The van der Waals surface area contributed by atoms with Gasteiger partial charge in [0.15, 0.2) is 6.20 Å². The van der Waals surface area contributed by atoms with Crippen molar-refractivity contribution in [1.29, 1.82) is 0 Å². The van der Waals surface area contributed by atoms with E-state index in [1.165, 1.54) is 51.9 Å². The van der Waals surface area contributed by atoms with Gasteiger partial charge in [0.1, 0.15) is 6.54 Å². The van der Waals surface area contributed by atoms with Crippen molar-refractivity contribution in [3.05, 3.63) is 103 Å². The van der Waals surface area contributed by atoms with Gasteiger partial charge in [-0.3, -0.25) is 0 Å². The first-order valence-electron chi connectivity index (χ1n) is 10.1. The van der Waals surface area contributed by atoms with Crippen LogP contribution in [-0.4, -0.2) is 0 Å². The third kappa shape index (κ3) is 6.31. The third-order valence-electron chi connectivity index (χ3n) is 5.01. The maximum absolute atomic E-state index is 2.43. The molecule has 3 heteroatoms. The number of unbranched alkanes of at least 4 members (excludes halogenated alkanes) is 2. The monoisotopic (exact) mass is 511 g/mol. The number of fused-ring (bicyclic) bond motifs is 1. The number of hydrogen-bond acceptors (Lipinski definition) is 1. The van der Waals surface area contributed by atoms with Gasteiger partial charge in [0, 0.05) is 22.8 Å². The molecule has 0 amide bonds. The van der Waals surface area contributed by atoms with E-state index in [0.717, 1.165) is 6.54 Å². The van der Waals surface area contributed by atoms with Crippen molar-refractivity contribution in [3.63, 3.8) is 0 Å². The number of halogens is 1. The number of nitrogens with zero attached hydrogens (tertiary/aromatic N) is 1. The highest BCUT2D eigenvalue weighted by Crippen LogP contribution is 2.28. The van der Waals surface area contributed by atoms with Crippen molar-refractivity contribution in [2.45, 2.75) is 42.0 Å². The molecular weight excluding hydrogens is 485 g/mol. The normalized spacial score (nSPS) is 10.6. The second-order valence-electron chi connectivity index (χ2n) is 7.14. The molecule has 148 valence electrons. The van der Waals surface area contributed by atoms with Gasteiger partial charge in [-0.25, -0.2) is 0 Å². The largest absolute Gasteiger partial charge is 1.00 e. The summed E-state index contributed by atoms with van der Waals surface area (Å²) >= 11 is 1.84. The minimum Gasteiger partial charge on any atom is -1.00 e. The molecule has 0 saturated carbocycles. The summed E-state index contributed by atoms with van der Waals surface area (Å²) < 4.78 is 2.43. The van der Waals surface area contributed by atoms with E-state index in [0.29, 0.717) is 0 Å². The van der Waals surface area contributed by atoms with E-state index in [-0.39, 0.29) is 24.0 Å². The number of rotatable bonds is 8. The second kappa shape index (κ2) is 11.4. The summed E-state index contributed by atoms with van der Waals surface area (Å²) in [4.78, 5) is 2.58. The molecule has 0 aliphatic carbocycles. The average Bonchev–Trinajstić information content (AvgIpc) is 2.75. The highest BCUT2D eigenvalue weighted by Gasteiger charge is 2.12. The number of pyridine rings is 1. The molecule has 1 aromatic heterocycles. The molecule has 0 atom stereocenters. The van der Waals surface area contributed by atoms with E-state index in [9.17, 15) is 0 Å². The molecule has 0 saturated heterocycles. The summed E-state index contributed by atoms with van der Waals surface area (Å²) in [7, 11) is 0. The van der Waals surface area contributed by atoms with E-state index in [1.807, 2.05) is 11.8 Å². The maximum Gasteiger partial charge on any atom is 0.212 e. The summed E-state index contributed by atoms with van der Waals surface area (Å²) in [6.07, 6.45) is 7.21. The minimum absolute atomic E-state index is 0. The fourth-order valence-corrected chi connectivity index (χ4v) is 4.51. The van der Waals surface area contributed by atoms with E-state index >= 15 is 0 Å². The van der Waals surface area contributed by atoms with E-state index < -0.39 is 0 Å². The van der Waals surface area contributed by atoms with Gasteiger partial charge in [-0.1, -0.05) is 72.4 Å². The summed E-state index contributed by atoms with van der Waals surface area (Å²) in [5.74, 6) is 0. The molecular formula is C26H26INS. The molecule has 4 aromatic rings. The van der Waals surface area contributed by atoms with Crippen molar-refractivity contribution in [1.82, 2.24) is 0 Å². The quantitative estimate of drug-likeness (QED) is 0.198. The Bertz CT molecular complexity index is 1020. The molecule has 4 rings (SSSR count). The molecule has 0 spiro atoms. The van der Waals surface area contributed by atoms with E-state index in [2.05, 4.69) is 102 Å². The lowest BCUT2D eigenvalue weighted by molar-refractivity contribution is -0.673. The fourth-order valence-electron chi connectivity index (χ4n) is 3.58. The molecule has 0 fully saturated rings. The van der Waals surface area contributed by atoms with Crippen LogP contribution in [-0.2, 0) is 13.0 Å². The molecule has 0 N–H and O–H groups in total. The van der Waals surface area contributed by atoms with Gasteiger partial charge in [-0.15, -0.1) is 0 Å². The SMILES string of the molecule is [I-].c1ccc(CCCCC[n+]2cc(Sc3ccccc3)cc3ccccc32)cc1. The number of aryl methyl sites for hydroxylation is 2. The first kappa shape index (κ1) is 21.8. The molecule has 0 aliphatic heterocycles. The van der Waals surface area contributed by atoms with Gasteiger partial charge in [0.2, 0.25) is 5.52 Å². The fraction of sp³-hybridized carbons (Fsp3) is 0.192. The lowest BCUT2D eigenvalue weighted by Crippen LogP contribution is -3.00. The van der Waals surface area contributed by atoms with Gasteiger partial charge >= 0.3 is 0 Å². The molecule has 0 aliphatic rings. The van der Waals surface area contributed by atoms with E-state index in [1.54, 1.807) is 0 Å². The summed E-state index contributed by atoms with van der Waals surface area (Å²) in [5, 5.41) is 1.31. The third-order valence-corrected chi connectivity index (χ3v) is 5.98. The van der Waals surface area contributed by atoms with Crippen molar-refractivity contribution in [3.8, 4) is 0 Å². The Morgan fingerprint density at radius 2 is 1.34 bits per heavy atom. The number of aromatic nitrogens is 1. The summed E-state index contributed by atoms with van der Waals surface area (Å²) in [5.41, 5.74) is 2.77. The predicted molar refractivity (Wildman–Crippen MR) is 119 cm³/mol. The lowest BCUT2D eigenvalue weighted by Gasteiger charge is -2.06. The summed E-state index contributed by atoms with van der Waals surface area (Å²) in [6.45, 7) is 1.07. The van der Waals surface area contributed by atoms with Crippen LogP contribution >= 0.6 is 11.8 Å². The van der Waals surface area contributed by atoms with Gasteiger partial charge in [-0.05, 0) is 49.1 Å². The standard InChI is InChI=1S/C26H26NS.HI/c1-4-12-22(13-5-1)14-6-3-11-19-27-21-25(28-24-16-7-2-8-17-24)20-23-15-9-10-18-26(23)27;/h1-2,4-5,7-10,12-13,15-18,20-21H,3,6,11,14,19H2;1H/q+1;/p-1. The molecule has 1 heterocycles. The topological polar surface area (TPSA) is 3.88 Å². The van der Waals surface area contributed by atoms with Crippen molar-refractivity contribution < 1.29 is 28.5 Å². The Labute approximate surface area is 195 Å². The zero-order chi connectivity index (χ0) is 19.0. The van der Waals surface area contributed by atoms with Crippen LogP contribution in [0, 0.1) is 0 Å². The van der Waals surface area contributed by atoms with Crippen LogP contribution < -0.4 is 28.5 Å². The Hall–Kier alpha value is -1.85. The van der Waals surface area contributed by atoms with Crippen molar-refractivity contribution in [2.24, 2.45) is 0 Å². The van der Waals surface area contributed by atoms with Crippen LogP contribution in [0.2, 0.25) is 0 Å². The van der Waals surface area contributed by atoms with Gasteiger partial charge < -0.3 is 24.0 Å². The van der Waals surface area contributed by atoms with Gasteiger partial charge in [-0.2, -0.15) is 4.57 Å². The van der Waals surface area contributed by atoms with Crippen LogP contribution in [0.5, 0.6) is 0 Å². The van der Waals surface area contributed by atoms with Crippen LogP contribution in [0.4, 0.5) is 0 Å². The van der Waals surface area contributed by atoms with Crippen LogP contribution in [0.15, 0.2) is 107 Å². The lowest BCUT2D eigenvalue weighted by atomic mass is 10.1. The molecule has 0 radical (unpaired) electrons. The number of para-hydroxylation sites is 1. The Kier molecular flexibility index (Phi) is 8.56. The predicted octanol–water partition coefficient (Wildman–Crippen LogP) is 3.70. The second-order valence-corrected chi connectivity index (χ2v) is 8.29. The van der Waals surface area contributed by atoms with Gasteiger partial charge in [0.25, 0.3) is 0 Å². The zero-order valence-electron chi connectivity index (χ0n) is 16.5. The highest BCUT2D eigenvalue weighted by molar-refractivity contribution is 7.99. The van der Waals surface area contributed by atoms with Crippen molar-refractivity contribution in [2.75, 3.05) is 0 Å². The van der Waals surface area contributed by atoms with E-state index in [4.69, 9.17) is 0 Å². The van der Waals surface area contributed by atoms with Crippen LogP contribution in [0.1, 0.15) is 24.8 Å². The molecule has 1 nitrogen and oxygen atoms in total. The average molecular weight is 511 g/mol. The smallest absolute Gasteiger partial charge is 0.212 e. The minimum atomic E-state index is 0.